The van der Waals surface area contributed by atoms with Crippen molar-refractivity contribution >= 4 is 22.6 Å². The van der Waals surface area contributed by atoms with Crippen LogP contribution in [0.3, 0.4) is 0 Å². The van der Waals surface area contributed by atoms with Crippen LogP contribution in [-0.4, -0.2) is 48.0 Å². The lowest BCUT2D eigenvalue weighted by atomic mass is 10.0. The van der Waals surface area contributed by atoms with Gasteiger partial charge in [-0.05, 0) is 38.8 Å². The van der Waals surface area contributed by atoms with Crippen LogP contribution in [0.2, 0.25) is 0 Å². The molecule has 1 aromatic heterocycles. The fourth-order valence-electron chi connectivity index (χ4n) is 3.38. The van der Waals surface area contributed by atoms with Gasteiger partial charge in [0.1, 0.15) is 0 Å². The van der Waals surface area contributed by atoms with Gasteiger partial charge in [-0.2, -0.15) is 0 Å². The summed E-state index contributed by atoms with van der Waals surface area (Å²) in [5, 5.41) is 13.5. The van der Waals surface area contributed by atoms with E-state index in [1.54, 1.807) is 6.20 Å². The molecule has 7 heteroatoms. The summed E-state index contributed by atoms with van der Waals surface area (Å²) < 4.78 is 17.0. The molecule has 2 aromatic rings. The van der Waals surface area contributed by atoms with E-state index in [0.717, 1.165) is 23.0 Å². The van der Waals surface area contributed by atoms with Gasteiger partial charge in [0.15, 0.2) is 11.5 Å². The number of pyridine rings is 1. The van der Waals surface area contributed by atoms with Crippen molar-refractivity contribution in [2.45, 2.75) is 45.3 Å². The van der Waals surface area contributed by atoms with E-state index >= 15 is 0 Å². The number of fused-ring (bicyclic) bond motifs is 1. The maximum absolute atomic E-state index is 11.0. The number of anilines is 1. The number of nitrogens with one attached hydrogen (secondary N) is 1. The lowest BCUT2D eigenvalue weighted by molar-refractivity contribution is -0.141. The molecule has 2 heterocycles. The Morgan fingerprint density at radius 2 is 2.04 bits per heavy atom. The maximum Gasteiger partial charge on any atom is 0.305 e. The molecule has 0 saturated carbocycles. The van der Waals surface area contributed by atoms with Crippen LogP contribution < -0.4 is 14.8 Å². The molecule has 1 aliphatic heterocycles. The number of carboxylic acid groups (broad SMARTS) is 1. The first kappa shape index (κ1) is 19.2. The Labute approximate surface area is 158 Å². The van der Waals surface area contributed by atoms with E-state index in [9.17, 15) is 4.79 Å². The topological polar surface area (TPSA) is 89.9 Å². The number of benzene rings is 1. The largest absolute Gasteiger partial charge is 0.490 e. The average molecular weight is 374 g/mol. The first-order valence-electron chi connectivity index (χ1n) is 9.39. The summed E-state index contributed by atoms with van der Waals surface area (Å²) in [5.74, 6) is 0.544. The van der Waals surface area contributed by atoms with Gasteiger partial charge in [-0.3, -0.25) is 9.78 Å². The molecule has 1 fully saturated rings. The van der Waals surface area contributed by atoms with E-state index in [0.29, 0.717) is 37.7 Å². The first-order chi connectivity index (χ1) is 13.1. The molecule has 7 nitrogen and oxygen atoms in total. The summed E-state index contributed by atoms with van der Waals surface area (Å²) in [6.45, 7) is 5.52. The summed E-state index contributed by atoms with van der Waals surface area (Å²) in [4.78, 5) is 15.4. The van der Waals surface area contributed by atoms with Gasteiger partial charge in [-0.15, -0.1) is 0 Å². The summed E-state index contributed by atoms with van der Waals surface area (Å²) >= 11 is 0. The Kier molecular flexibility index (Phi) is 6.34. The number of nitrogens with zero attached hydrogens (tertiary/aromatic N) is 1. The van der Waals surface area contributed by atoms with Crippen LogP contribution in [0.5, 0.6) is 11.5 Å². The molecule has 0 bridgehead atoms. The molecule has 2 atom stereocenters. The van der Waals surface area contributed by atoms with Crippen molar-refractivity contribution < 1.29 is 24.1 Å². The van der Waals surface area contributed by atoms with Crippen LogP contribution in [0, 0.1) is 0 Å². The predicted molar refractivity (Wildman–Crippen MR) is 103 cm³/mol. The SMILES string of the molecule is CCOc1cc2nccc(NC3CCOC(CC(=O)O)C3)c2cc1OCC. The van der Waals surface area contributed by atoms with Crippen LogP contribution in [0.1, 0.15) is 33.1 Å². The van der Waals surface area contributed by atoms with Crippen LogP contribution in [-0.2, 0) is 9.53 Å². The molecular weight excluding hydrogens is 348 g/mol. The molecule has 2 unspecified atom stereocenters. The molecule has 0 radical (unpaired) electrons. The van der Waals surface area contributed by atoms with E-state index in [1.165, 1.54) is 0 Å². The van der Waals surface area contributed by atoms with Gasteiger partial charge >= 0.3 is 5.97 Å². The molecule has 3 rings (SSSR count). The van der Waals surface area contributed by atoms with Crippen LogP contribution in [0.4, 0.5) is 5.69 Å². The van der Waals surface area contributed by atoms with Crippen LogP contribution >= 0.6 is 0 Å². The van der Waals surface area contributed by atoms with Crippen molar-refractivity contribution in [2.75, 3.05) is 25.1 Å². The number of rotatable bonds is 8. The molecular formula is C20H26N2O5. The molecule has 27 heavy (non-hydrogen) atoms. The zero-order valence-electron chi connectivity index (χ0n) is 15.7. The number of carboxylic acids is 1. The van der Waals surface area contributed by atoms with Crippen LogP contribution in [0.15, 0.2) is 24.4 Å². The van der Waals surface area contributed by atoms with E-state index in [-0.39, 0.29) is 18.6 Å². The Bertz CT molecular complexity index is 795. The van der Waals surface area contributed by atoms with Gasteiger partial charge in [-0.1, -0.05) is 0 Å². The second-order valence-corrected chi connectivity index (χ2v) is 6.50. The predicted octanol–water partition coefficient (Wildman–Crippen LogP) is 3.47. The number of ether oxygens (including phenoxy) is 3. The molecule has 1 saturated heterocycles. The zero-order valence-corrected chi connectivity index (χ0v) is 15.7. The minimum atomic E-state index is -0.833. The first-order valence-corrected chi connectivity index (χ1v) is 9.39. The van der Waals surface area contributed by atoms with E-state index in [2.05, 4.69) is 10.3 Å². The van der Waals surface area contributed by atoms with Gasteiger partial charge in [0.2, 0.25) is 0 Å². The average Bonchev–Trinajstić information content (AvgIpc) is 2.63. The summed E-state index contributed by atoms with van der Waals surface area (Å²) in [7, 11) is 0. The molecule has 1 aliphatic rings. The highest BCUT2D eigenvalue weighted by Gasteiger charge is 2.25. The molecule has 0 aliphatic carbocycles. The lowest BCUT2D eigenvalue weighted by Gasteiger charge is -2.30. The molecule has 2 N–H and O–H groups in total. The smallest absolute Gasteiger partial charge is 0.305 e. The molecule has 0 amide bonds. The number of aromatic nitrogens is 1. The fourth-order valence-corrected chi connectivity index (χ4v) is 3.38. The normalized spacial score (nSPS) is 19.6. The van der Waals surface area contributed by atoms with Crippen LogP contribution in [0.25, 0.3) is 10.9 Å². The Morgan fingerprint density at radius 3 is 2.74 bits per heavy atom. The van der Waals surface area contributed by atoms with Crippen molar-refractivity contribution in [3.8, 4) is 11.5 Å². The standard InChI is InChI=1S/C20H26N2O5/c1-3-25-18-11-15-16(5-7-21-17(15)12-19(18)26-4-2)22-13-6-8-27-14(9-13)10-20(23)24/h5,7,11-14H,3-4,6,8-10H2,1-2H3,(H,21,22)(H,23,24). The highest BCUT2D eigenvalue weighted by molar-refractivity contribution is 5.93. The van der Waals surface area contributed by atoms with Gasteiger partial charge in [-0.25, -0.2) is 0 Å². The minimum Gasteiger partial charge on any atom is -0.490 e. The zero-order chi connectivity index (χ0) is 19.2. The summed E-state index contributed by atoms with van der Waals surface area (Å²) in [6, 6.07) is 5.93. The highest BCUT2D eigenvalue weighted by Crippen LogP contribution is 2.35. The number of hydrogen-bond donors (Lipinski definition) is 2. The Balaban J connectivity index is 1.85. The summed E-state index contributed by atoms with van der Waals surface area (Å²) in [6.07, 6.45) is 3.02. The minimum absolute atomic E-state index is 0.0292. The van der Waals surface area contributed by atoms with Crippen molar-refractivity contribution in [3.63, 3.8) is 0 Å². The molecule has 0 spiro atoms. The number of carbonyl (C=O) groups is 1. The highest BCUT2D eigenvalue weighted by atomic mass is 16.5. The van der Waals surface area contributed by atoms with Crippen molar-refractivity contribution in [2.24, 2.45) is 0 Å². The Morgan fingerprint density at radius 1 is 1.30 bits per heavy atom. The van der Waals surface area contributed by atoms with Gasteiger partial charge in [0.05, 0.1) is 31.3 Å². The van der Waals surface area contributed by atoms with E-state index < -0.39 is 5.97 Å². The van der Waals surface area contributed by atoms with Crippen molar-refractivity contribution in [3.05, 3.63) is 24.4 Å². The van der Waals surface area contributed by atoms with Gasteiger partial charge in [0.25, 0.3) is 0 Å². The third-order valence-electron chi connectivity index (χ3n) is 4.54. The van der Waals surface area contributed by atoms with E-state index in [4.69, 9.17) is 19.3 Å². The Hall–Kier alpha value is -2.54. The van der Waals surface area contributed by atoms with E-state index in [1.807, 2.05) is 32.0 Å². The van der Waals surface area contributed by atoms with Gasteiger partial charge in [0, 0.05) is 36.0 Å². The van der Waals surface area contributed by atoms with Crippen molar-refractivity contribution in [1.29, 1.82) is 0 Å². The molecule has 1 aromatic carbocycles. The molecule has 146 valence electrons. The fraction of sp³-hybridized carbons (Fsp3) is 0.500. The lowest BCUT2D eigenvalue weighted by Crippen LogP contribution is -2.35. The number of aliphatic carboxylic acids is 1. The third kappa shape index (κ3) is 4.80. The summed E-state index contributed by atoms with van der Waals surface area (Å²) in [5.41, 5.74) is 1.77. The number of hydrogen-bond acceptors (Lipinski definition) is 6. The monoisotopic (exact) mass is 374 g/mol. The van der Waals surface area contributed by atoms with Crippen molar-refractivity contribution in [1.82, 2.24) is 4.98 Å². The second kappa shape index (κ2) is 8.90. The quantitative estimate of drug-likeness (QED) is 0.731. The van der Waals surface area contributed by atoms with Gasteiger partial charge < -0.3 is 24.6 Å². The maximum atomic E-state index is 11.0. The second-order valence-electron chi connectivity index (χ2n) is 6.50. The third-order valence-corrected chi connectivity index (χ3v) is 4.54.